The predicted octanol–water partition coefficient (Wildman–Crippen LogP) is 1.58. The van der Waals surface area contributed by atoms with Crippen molar-refractivity contribution >= 4 is 15.9 Å². The third kappa shape index (κ3) is 2.79. The summed E-state index contributed by atoms with van der Waals surface area (Å²) in [5.41, 5.74) is 2.02. The fourth-order valence-electron chi connectivity index (χ4n) is 2.26. The molecule has 2 heterocycles. The van der Waals surface area contributed by atoms with E-state index >= 15 is 0 Å². The SMILES string of the molecule is OCCc1cn(CC2Cc3cc(Br)ccc3O2)nn1. The van der Waals surface area contributed by atoms with Crippen LogP contribution in [0.2, 0.25) is 0 Å². The van der Waals surface area contributed by atoms with E-state index in [1.807, 2.05) is 18.3 Å². The fraction of sp³-hybridized carbons (Fsp3) is 0.385. The molecule has 1 atom stereocenters. The van der Waals surface area contributed by atoms with Crippen molar-refractivity contribution in [3.05, 3.63) is 40.1 Å². The van der Waals surface area contributed by atoms with Crippen LogP contribution in [0.3, 0.4) is 0 Å². The molecule has 1 aromatic heterocycles. The number of hydrogen-bond acceptors (Lipinski definition) is 4. The number of rotatable bonds is 4. The zero-order valence-electron chi connectivity index (χ0n) is 10.3. The Morgan fingerprint density at radius 3 is 3.21 bits per heavy atom. The molecule has 3 rings (SSSR count). The molecule has 1 aliphatic heterocycles. The lowest BCUT2D eigenvalue weighted by molar-refractivity contribution is 0.202. The van der Waals surface area contributed by atoms with Crippen molar-refractivity contribution in [2.45, 2.75) is 25.5 Å². The first-order valence-electron chi connectivity index (χ1n) is 6.19. The van der Waals surface area contributed by atoms with Gasteiger partial charge in [-0.2, -0.15) is 0 Å². The molecule has 1 aromatic carbocycles. The second-order valence-corrected chi connectivity index (χ2v) is 5.52. The van der Waals surface area contributed by atoms with Crippen molar-refractivity contribution in [3.63, 3.8) is 0 Å². The lowest BCUT2D eigenvalue weighted by Gasteiger charge is -2.09. The van der Waals surface area contributed by atoms with Crippen molar-refractivity contribution < 1.29 is 9.84 Å². The van der Waals surface area contributed by atoms with Crippen LogP contribution >= 0.6 is 15.9 Å². The maximum atomic E-state index is 8.85. The number of aliphatic hydroxyl groups excluding tert-OH is 1. The van der Waals surface area contributed by atoms with Gasteiger partial charge in [0, 0.05) is 30.1 Å². The van der Waals surface area contributed by atoms with Gasteiger partial charge < -0.3 is 9.84 Å². The molecular formula is C13H14BrN3O2. The van der Waals surface area contributed by atoms with E-state index in [4.69, 9.17) is 9.84 Å². The average molecular weight is 324 g/mol. The molecule has 0 aliphatic carbocycles. The monoisotopic (exact) mass is 323 g/mol. The minimum Gasteiger partial charge on any atom is -0.488 e. The van der Waals surface area contributed by atoms with E-state index in [0.29, 0.717) is 13.0 Å². The number of benzene rings is 1. The first kappa shape index (κ1) is 12.6. The lowest BCUT2D eigenvalue weighted by atomic mass is 10.1. The molecule has 0 amide bonds. The van der Waals surface area contributed by atoms with Crippen molar-refractivity contribution in [2.75, 3.05) is 6.61 Å². The van der Waals surface area contributed by atoms with Gasteiger partial charge in [-0.3, -0.25) is 0 Å². The largest absolute Gasteiger partial charge is 0.488 e. The van der Waals surface area contributed by atoms with Gasteiger partial charge in [0.2, 0.25) is 0 Å². The van der Waals surface area contributed by atoms with E-state index in [1.165, 1.54) is 5.56 Å². The topological polar surface area (TPSA) is 60.2 Å². The van der Waals surface area contributed by atoms with Crippen LogP contribution in [0.15, 0.2) is 28.9 Å². The zero-order valence-corrected chi connectivity index (χ0v) is 11.9. The normalized spacial score (nSPS) is 17.3. The highest BCUT2D eigenvalue weighted by atomic mass is 79.9. The van der Waals surface area contributed by atoms with Gasteiger partial charge in [0.1, 0.15) is 11.9 Å². The summed E-state index contributed by atoms with van der Waals surface area (Å²) in [5.74, 6) is 0.948. The van der Waals surface area contributed by atoms with Gasteiger partial charge >= 0.3 is 0 Å². The van der Waals surface area contributed by atoms with Gasteiger partial charge in [0.15, 0.2) is 0 Å². The van der Waals surface area contributed by atoms with Gasteiger partial charge in [-0.05, 0) is 23.8 Å². The van der Waals surface area contributed by atoms with Crippen molar-refractivity contribution in [3.8, 4) is 5.75 Å². The Bertz CT molecular complexity index is 585. The number of aromatic nitrogens is 3. The van der Waals surface area contributed by atoms with Crippen molar-refractivity contribution in [1.29, 1.82) is 0 Å². The zero-order chi connectivity index (χ0) is 13.2. The molecule has 1 aliphatic rings. The van der Waals surface area contributed by atoms with Crippen LogP contribution in [0.1, 0.15) is 11.3 Å². The number of ether oxygens (including phenoxy) is 1. The third-order valence-electron chi connectivity index (χ3n) is 3.11. The summed E-state index contributed by atoms with van der Waals surface area (Å²) in [5, 5.41) is 16.9. The number of fused-ring (bicyclic) bond motifs is 1. The van der Waals surface area contributed by atoms with Crippen molar-refractivity contribution in [1.82, 2.24) is 15.0 Å². The second-order valence-electron chi connectivity index (χ2n) is 4.60. The van der Waals surface area contributed by atoms with Crippen LogP contribution in [0.4, 0.5) is 0 Å². The number of hydrogen-bond donors (Lipinski definition) is 1. The van der Waals surface area contributed by atoms with Gasteiger partial charge in [-0.1, -0.05) is 21.1 Å². The smallest absolute Gasteiger partial charge is 0.123 e. The highest BCUT2D eigenvalue weighted by Gasteiger charge is 2.23. The van der Waals surface area contributed by atoms with Crippen LogP contribution in [0.5, 0.6) is 5.75 Å². The molecule has 100 valence electrons. The fourth-order valence-corrected chi connectivity index (χ4v) is 2.66. The number of halogens is 1. The standard InChI is InChI=1S/C13H14BrN3O2/c14-10-1-2-13-9(5-10)6-12(19-13)8-17-7-11(3-4-18)15-16-17/h1-2,5,7,12,18H,3-4,6,8H2. The summed E-state index contributed by atoms with van der Waals surface area (Å²) in [7, 11) is 0. The predicted molar refractivity (Wildman–Crippen MR) is 73.1 cm³/mol. The quantitative estimate of drug-likeness (QED) is 0.928. The summed E-state index contributed by atoms with van der Waals surface area (Å²) in [6.07, 6.45) is 3.37. The van der Waals surface area contributed by atoms with Crippen LogP contribution in [-0.2, 0) is 19.4 Å². The Balaban J connectivity index is 1.66. The van der Waals surface area contributed by atoms with Gasteiger partial charge in [-0.25, -0.2) is 4.68 Å². The minimum atomic E-state index is 0.0907. The molecule has 2 aromatic rings. The molecule has 0 radical (unpaired) electrons. The number of aliphatic hydroxyl groups is 1. The summed E-state index contributed by atoms with van der Waals surface area (Å²) in [4.78, 5) is 0. The Morgan fingerprint density at radius 1 is 1.47 bits per heavy atom. The van der Waals surface area contributed by atoms with E-state index in [2.05, 4.69) is 32.3 Å². The van der Waals surface area contributed by atoms with Crippen LogP contribution in [0, 0.1) is 0 Å². The van der Waals surface area contributed by atoms with Crippen LogP contribution < -0.4 is 4.74 Å². The average Bonchev–Trinajstić information content (AvgIpc) is 2.96. The van der Waals surface area contributed by atoms with E-state index in [-0.39, 0.29) is 12.7 Å². The lowest BCUT2D eigenvalue weighted by Crippen LogP contribution is -2.21. The van der Waals surface area contributed by atoms with E-state index in [0.717, 1.165) is 22.3 Å². The molecule has 0 saturated carbocycles. The van der Waals surface area contributed by atoms with E-state index in [9.17, 15) is 0 Å². The molecule has 0 fully saturated rings. The summed E-state index contributed by atoms with van der Waals surface area (Å²) in [6.45, 7) is 0.767. The van der Waals surface area contributed by atoms with Crippen LogP contribution in [-0.4, -0.2) is 32.8 Å². The van der Waals surface area contributed by atoms with Crippen molar-refractivity contribution in [2.24, 2.45) is 0 Å². The summed E-state index contributed by atoms with van der Waals surface area (Å²) < 4.78 is 8.72. The highest BCUT2D eigenvalue weighted by molar-refractivity contribution is 9.10. The van der Waals surface area contributed by atoms with Gasteiger partial charge in [0.25, 0.3) is 0 Å². The maximum Gasteiger partial charge on any atom is 0.123 e. The van der Waals surface area contributed by atoms with Gasteiger partial charge in [-0.15, -0.1) is 5.10 Å². The Kier molecular flexibility index (Phi) is 3.52. The summed E-state index contributed by atoms with van der Waals surface area (Å²) >= 11 is 3.47. The first-order chi connectivity index (χ1) is 9.24. The van der Waals surface area contributed by atoms with Crippen LogP contribution in [0.25, 0.3) is 0 Å². The molecule has 1 unspecified atom stereocenters. The molecule has 6 heteroatoms. The molecule has 1 N–H and O–H groups in total. The minimum absolute atomic E-state index is 0.0907. The van der Waals surface area contributed by atoms with E-state index in [1.54, 1.807) is 4.68 Å². The third-order valence-corrected chi connectivity index (χ3v) is 3.60. The Morgan fingerprint density at radius 2 is 2.37 bits per heavy atom. The summed E-state index contributed by atoms with van der Waals surface area (Å²) in [6, 6.07) is 6.06. The first-order valence-corrected chi connectivity index (χ1v) is 6.99. The number of nitrogens with zero attached hydrogens (tertiary/aromatic N) is 3. The molecular weight excluding hydrogens is 310 g/mol. The Labute approximate surface area is 119 Å². The highest BCUT2D eigenvalue weighted by Crippen LogP contribution is 2.31. The molecule has 0 bridgehead atoms. The molecule has 5 nitrogen and oxygen atoms in total. The van der Waals surface area contributed by atoms with Gasteiger partial charge in [0.05, 0.1) is 12.2 Å². The maximum absolute atomic E-state index is 8.85. The van der Waals surface area contributed by atoms with E-state index < -0.39 is 0 Å². The molecule has 19 heavy (non-hydrogen) atoms. The molecule has 0 spiro atoms. The second kappa shape index (κ2) is 5.30. The Hall–Kier alpha value is -1.40. The molecule has 0 saturated heterocycles.